The first kappa shape index (κ1) is 14.8. The van der Waals surface area contributed by atoms with Crippen LogP contribution in [0.15, 0.2) is 0 Å². The van der Waals surface area contributed by atoms with Gasteiger partial charge in [0.1, 0.15) is 0 Å². The van der Waals surface area contributed by atoms with Crippen LogP contribution in [-0.2, 0) is 0 Å². The maximum absolute atomic E-state index is 5.44. The quantitative estimate of drug-likeness (QED) is 0.516. The zero-order valence-corrected chi connectivity index (χ0v) is 12.6. The van der Waals surface area contributed by atoms with Crippen LogP contribution in [0, 0.1) is 5.41 Å². The van der Waals surface area contributed by atoms with Gasteiger partial charge in [0.15, 0.2) is 0 Å². The Kier molecular flexibility index (Phi) is 4.59. The topological polar surface area (TPSA) is 92.0 Å². The lowest BCUT2D eigenvalue weighted by Gasteiger charge is -2.38. The monoisotopic (exact) mass is 279 g/mol. The van der Waals surface area contributed by atoms with Crippen LogP contribution in [0.25, 0.3) is 0 Å². The largest absolute Gasteiger partial charge is 0.353 e. The molecule has 0 atom stereocenters. The summed E-state index contributed by atoms with van der Waals surface area (Å²) in [6.45, 7) is 9.02. The summed E-state index contributed by atoms with van der Waals surface area (Å²) in [5, 5.41) is 3.32. The van der Waals surface area contributed by atoms with Gasteiger partial charge in [-0.15, -0.1) is 0 Å². The van der Waals surface area contributed by atoms with Gasteiger partial charge in [0.2, 0.25) is 17.8 Å². The van der Waals surface area contributed by atoms with Gasteiger partial charge in [-0.05, 0) is 32.1 Å². The predicted octanol–water partition coefficient (Wildman–Crippen LogP) is 1.61. The number of nitrogen functional groups attached to an aromatic ring is 1. The fraction of sp³-hybridized carbons (Fsp3) is 0.769. The molecule has 20 heavy (non-hydrogen) atoms. The molecule has 1 aliphatic carbocycles. The third kappa shape index (κ3) is 3.27. The Morgan fingerprint density at radius 1 is 1.15 bits per heavy atom. The number of nitrogens with one attached hydrogen (secondary N) is 2. The van der Waals surface area contributed by atoms with Crippen molar-refractivity contribution in [3.8, 4) is 0 Å². The average molecular weight is 279 g/mol. The van der Waals surface area contributed by atoms with E-state index in [1.54, 1.807) is 0 Å². The normalized spacial score (nSPS) is 16.4. The van der Waals surface area contributed by atoms with Crippen molar-refractivity contribution in [1.29, 1.82) is 0 Å². The number of nitrogens with zero attached hydrogens (tertiary/aromatic N) is 4. The fourth-order valence-electron chi connectivity index (χ4n) is 2.41. The number of hydrogen-bond acceptors (Lipinski definition) is 7. The van der Waals surface area contributed by atoms with Crippen molar-refractivity contribution < 1.29 is 0 Å². The molecule has 7 heteroatoms. The summed E-state index contributed by atoms with van der Waals surface area (Å²) in [7, 11) is 0. The summed E-state index contributed by atoms with van der Waals surface area (Å²) < 4.78 is 0. The Labute approximate surface area is 120 Å². The molecule has 0 unspecified atom stereocenters. The van der Waals surface area contributed by atoms with Crippen molar-refractivity contribution in [1.82, 2.24) is 15.0 Å². The molecule has 0 amide bonds. The summed E-state index contributed by atoms with van der Waals surface area (Å²) in [4.78, 5) is 15.1. The Morgan fingerprint density at radius 2 is 1.80 bits per heavy atom. The minimum Gasteiger partial charge on any atom is -0.353 e. The van der Waals surface area contributed by atoms with E-state index in [4.69, 9.17) is 5.84 Å². The van der Waals surface area contributed by atoms with Gasteiger partial charge in [0.25, 0.3) is 0 Å². The minimum absolute atomic E-state index is 0.373. The standard InChI is InChI=1S/C13H25N7/c1-4-20(5-2)12-17-10(16-11(18-12)19-14)15-9-13(3)7-6-8-13/h4-9,14H2,1-3H3,(H2,15,16,17,18,19). The van der Waals surface area contributed by atoms with Gasteiger partial charge in [-0.25, -0.2) is 5.84 Å². The molecule has 0 aromatic carbocycles. The van der Waals surface area contributed by atoms with Crippen molar-refractivity contribution in [3.63, 3.8) is 0 Å². The van der Waals surface area contributed by atoms with Crippen LogP contribution in [0.5, 0.6) is 0 Å². The van der Waals surface area contributed by atoms with Crippen molar-refractivity contribution in [3.05, 3.63) is 0 Å². The van der Waals surface area contributed by atoms with E-state index in [1.807, 2.05) is 0 Å². The van der Waals surface area contributed by atoms with E-state index in [0.717, 1.165) is 19.6 Å². The lowest BCUT2D eigenvalue weighted by molar-refractivity contribution is 0.179. The summed E-state index contributed by atoms with van der Waals surface area (Å²) in [5.41, 5.74) is 2.88. The molecule has 0 saturated heterocycles. The second-order valence-corrected chi connectivity index (χ2v) is 5.62. The maximum atomic E-state index is 5.44. The molecule has 0 radical (unpaired) electrons. The van der Waals surface area contributed by atoms with Crippen LogP contribution in [0.1, 0.15) is 40.0 Å². The molecule has 0 aliphatic heterocycles. The Balaban J connectivity index is 2.12. The van der Waals surface area contributed by atoms with E-state index in [1.165, 1.54) is 19.3 Å². The second kappa shape index (κ2) is 6.21. The number of rotatable bonds is 7. The Hall–Kier alpha value is -1.63. The number of hydrogen-bond donors (Lipinski definition) is 3. The van der Waals surface area contributed by atoms with Crippen LogP contribution < -0.4 is 21.5 Å². The molecule has 1 fully saturated rings. The molecule has 4 N–H and O–H groups in total. The average Bonchev–Trinajstić information content (AvgIpc) is 2.44. The number of nitrogens with two attached hydrogens (primary N) is 1. The van der Waals surface area contributed by atoms with Gasteiger partial charge < -0.3 is 10.2 Å². The van der Waals surface area contributed by atoms with E-state index < -0.39 is 0 Å². The minimum atomic E-state index is 0.373. The highest BCUT2D eigenvalue weighted by Crippen LogP contribution is 2.40. The zero-order chi connectivity index (χ0) is 14.6. The van der Waals surface area contributed by atoms with Gasteiger partial charge in [0.05, 0.1) is 0 Å². The van der Waals surface area contributed by atoms with Crippen LogP contribution in [0.4, 0.5) is 17.8 Å². The van der Waals surface area contributed by atoms with Crippen LogP contribution in [0.2, 0.25) is 0 Å². The van der Waals surface area contributed by atoms with E-state index >= 15 is 0 Å². The molecule has 1 saturated carbocycles. The molecule has 0 bridgehead atoms. The molecular weight excluding hydrogens is 254 g/mol. The Bertz CT molecular complexity index is 440. The van der Waals surface area contributed by atoms with Gasteiger partial charge in [0, 0.05) is 19.6 Å². The number of anilines is 3. The summed E-state index contributed by atoms with van der Waals surface area (Å²) in [6.07, 6.45) is 3.83. The van der Waals surface area contributed by atoms with Crippen molar-refractivity contribution in [2.24, 2.45) is 11.3 Å². The fourth-order valence-corrected chi connectivity index (χ4v) is 2.41. The molecule has 1 heterocycles. The number of hydrazine groups is 1. The number of aromatic nitrogens is 3. The lowest BCUT2D eigenvalue weighted by atomic mass is 9.70. The third-order valence-electron chi connectivity index (χ3n) is 4.03. The highest BCUT2D eigenvalue weighted by Gasteiger charge is 2.31. The van der Waals surface area contributed by atoms with Crippen LogP contribution in [0.3, 0.4) is 0 Å². The van der Waals surface area contributed by atoms with E-state index in [9.17, 15) is 0 Å². The third-order valence-corrected chi connectivity index (χ3v) is 4.03. The van der Waals surface area contributed by atoms with E-state index in [-0.39, 0.29) is 0 Å². The molecule has 7 nitrogen and oxygen atoms in total. The van der Waals surface area contributed by atoms with Crippen LogP contribution in [-0.4, -0.2) is 34.6 Å². The molecule has 1 aliphatic rings. The van der Waals surface area contributed by atoms with Crippen molar-refractivity contribution in [2.45, 2.75) is 40.0 Å². The summed E-state index contributed by atoms with van der Waals surface area (Å²) in [6, 6.07) is 0. The Morgan fingerprint density at radius 3 is 2.30 bits per heavy atom. The van der Waals surface area contributed by atoms with Gasteiger partial charge in [-0.1, -0.05) is 13.3 Å². The smallest absolute Gasteiger partial charge is 0.243 e. The molecule has 2 rings (SSSR count). The van der Waals surface area contributed by atoms with Crippen LogP contribution >= 0.6 is 0 Å². The van der Waals surface area contributed by atoms with Crippen molar-refractivity contribution in [2.75, 3.05) is 35.3 Å². The molecule has 1 aromatic heterocycles. The molecule has 1 aromatic rings. The van der Waals surface area contributed by atoms with E-state index in [0.29, 0.717) is 23.3 Å². The van der Waals surface area contributed by atoms with Gasteiger partial charge in [-0.3, -0.25) is 5.43 Å². The molecule has 112 valence electrons. The maximum Gasteiger partial charge on any atom is 0.243 e. The highest BCUT2D eigenvalue weighted by atomic mass is 15.4. The molecule has 0 spiro atoms. The predicted molar refractivity (Wildman–Crippen MR) is 81.6 cm³/mol. The first-order chi connectivity index (χ1) is 9.60. The second-order valence-electron chi connectivity index (χ2n) is 5.62. The van der Waals surface area contributed by atoms with E-state index in [2.05, 4.69) is 51.4 Å². The SMILES string of the molecule is CCN(CC)c1nc(NN)nc(NCC2(C)CCC2)n1. The summed E-state index contributed by atoms with van der Waals surface area (Å²) in [5.74, 6) is 7.07. The zero-order valence-electron chi connectivity index (χ0n) is 12.6. The van der Waals surface area contributed by atoms with Crippen molar-refractivity contribution >= 4 is 17.8 Å². The lowest BCUT2D eigenvalue weighted by Crippen LogP contribution is -2.34. The first-order valence-electron chi connectivity index (χ1n) is 7.31. The molecular formula is C13H25N7. The van der Waals surface area contributed by atoms with Gasteiger partial charge in [-0.2, -0.15) is 15.0 Å². The van der Waals surface area contributed by atoms with Gasteiger partial charge >= 0.3 is 0 Å². The highest BCUT2D eigenvalue weighted by molar-refractivity contribution is 5.43. The first-order valence-corrected chi connectivity index (χ1v) is 7.31. The summed E-state index contributed by atoms with van der Waals surface area (Å²) >= 11 is 0.